The Bertz CT molecular complexity index is 418. The molecule has 1 aromatic rings. The molecule has 1 aromatic heterocycles. The van der Waals surface area contributed by atoms with E-state index in [1.165, 1.54) is 0 Å². The van der Waals surface area contributed by atoms with Crippen LogP contribution in [0.3, 0.4) is 0 Å². The van der Waals surface area contributed by atoms with Crippen LogP contribution in [-0.2, 0) is 20.9 Å². The van der Waals surface area contributed by atoms with Crippen LogP contribution in [0.1, 0.15) is 12.7 Å². The molecule has 0 saturated heterocycles. The molecule has 0 fully saturated rings. The van der Waals surface area contributed by atoms with Gasteiger partial charge in [-0.1, -0.05) is 0 Å². The minimum absolute atomic E-state index is 0.121. The summed E-state index contributed by atoms with van der Waals surface area (Å²) in [5.74, 6) is 1.71. The van der Waals surface area contributed by atoms with Crippen molar-refractivity contribution in [1.29, 1.82) is 0 Å². The number of nitrogens with zero attached hydrogens (tertiary/aromatic N) is 2. The predicted octanol–water partition coefficient (Wildman–Crippen LogP) is 0.229. The van der Waals surface area contributed by atoms with E-state index in [-0.39, 0.29) is 12.5 Å². The predicted molar refractivity (Wildman–Crippen MR) is 80.3 cm³/mol. The van der Waals surface area contributed by atoms with E-state index in [1.807, 2.05) is 6.92 Å². The standard InChI is InChI=1S/C13H23N5O3/c1-4-14-10-7-11(18-12(17-10)9-21-3)16-8-13(19)15-5-6-20-2/h7H,4-6,8-9H2,1-3H3,(H,15,19)(H2,14,16,17,18). The van der Waals surface area contributed by atoms with E-state index in [1.54, 1.807) is 20.3 Å². The molecule has 0 aromatic carbocycles. The monoisotopic (exact) mass is 297 g/mol. The van der Waals surface area contributed by atoms with Crippen LogP contribution in [0.15, 0.2) is 6.07 Å². The quantitative estimate of drug-likeness (QED) is 0.532. The van der Waals surface area contributed by atoms with Gasteiger partial charge in [0.2, 0.25) is 5.91 Å². The summed E-state index contributed by atoms with van der Waals surface area (Å²) >= 11 is 0. The molecule has 3 N–H and O–H groups in total. The van der Waals surface area contributed by atoms with Crippen LogP contribution in [0.2, 0.25) is 0 Å². The maximum Gasteiger partial charge on any atom is 0.239 e. The van der Waals surface area contributed by atoms with Crippen molar-refractivity contribution in [2.24, 2.45) is 0 Å². The SMILES string of the molecule is CCNc1cc(NCC(=O)NCCOC)nc(COC)n1. The molecule has 0 unspecified atom stereocenters. The first-order chi connectivity index (χ1) is 10.2. The zero-order valence-corrected chi connectivity index (χ0v) is 12.7. The van der Waals surface area contributed by atoms with Gasteiger partial charge in [-0.05, 0) is 6.92 Å². The highest BCUT2D eigenvalue weighted by molar-refractivity contribution is 5.80. The fourth-order valence-electron chi connectivity index (χ4n) is 1.58. The van der Waals surface area contributed by atoms with Gasteiger partial charge in [0.05, 0.1) is 13.2 Å². The van der Waals surface area contributed by atoms with Crippen LogP contribution in [0.5, 0.6) is 0 Å². The van der Waals surface area contributed by atoms with Gasteiger partial charge in [0, 0.05) is 33.4 Å². The van der Waals surface area contributed by atoms with Crippen molar-refractivity contribution in [3.63, 3.8) is 0 Å². The van der Waals surface area contributed by atoms with Crippen LogP contribution in [0.4, 0.5) is 11.6 Å². The summed E-state index contributed by atoms with van der Waals surface area (Å²) in [5, 5.41) is 8.81. The van der Waals surface area contributed by atoms with E-state index >= 15 is 0 Å². The maximum absolute atomic E-state index is 11.6. The Morgan fingerprint density at radius 3 is 2.52 bits per heavy atom. The maximum atomic E-state index is 11.6. The van der Waals surface area contributed by atoms with Gasteiger partial charge < -0.3 is 25.4 Å². The third kappa shape index (κ3) is 6.87. The topological polar surface area (TPSA) is 97.4 Å². The molecule has 1 amide bonds. The van der Waals surface area contributed by atoms with Gasteiger partial charge in [0.25, 0.3) is 0 Å². The molecular weight excluding hydrogens is 274 g/mol. The number of rotatable bonds is 10. The summed E-state index contributed by atoms with van der Waals surface area (Å²) in [4.78, 5) is 20.2. The van der Waals surface area contributed by atoms with Crippen molar-refractivity contribution in [3.8, 4) is 0 Å². The van der Waals surface area contributed by atoms with Gasteiger partial charge in [-0.3, -0.25) is 4.79 Å². The Hall–Kier alpha value is -1.93. The summed E-state index contributed by atoms with van der Waals surface area (Å²) in [7, 11) is 3.17. The molecule has 1 rings (SSSR count). The molecule has 0 atom stereocenters. The van der Waals surface area contributed by atoms with Gasteiger partial charge in [0.1, 0.15) is 18.2 Å². The zero-order valence-electron chi connectivity index (χ0n) is 12.7. The number of amides is 1. The normalized spacial score (nSPS) is 10.2. The molecule has 0 aliphatic carbocycles. The molecule has 0 saturated carbocycles. The number of methoxy groups -OCH3 is 2. The van der Waals surface area contributed by atoms with Gasteiger partial charge in [-0.15, -0.1) is 0 Å². The summed E-state index contributed by atoms with van der Waals surface area (Å²) in [6.07, 6.45) is 0. The fraction of sp³-hybridized carbons (Fsp3) is 0.615. The highest BCUT2D eigenvalue weighted by Gasteiger charge is 2.06. The average Bonchev–Trinajstić information content (AvgIpc) is 2.46. The van der Waals surface area contributed by atoms with E-state index < -0.39 is 0 Å². The number of carbonyl (C=O) groups is 1. The van der Waals surface area contributed by atoms with Crippen molar-refractivity contribution in [3.05, 3.63) is 11.9 Å². The third-order valence-electron chi connectivity index (χ3n) is 2.46. The Morgan fingerprint density at radius 2 is 1.90 bits per heavy atom. The van der Waals surface area contributed by atoms with Crippen LogP contribution >= 0.6 is 0 Å². The van der Waals surface area contributed by atoms with E-state index in [4.69, 9.17) is 9.47 Å². The van der Waals surface area contributed by atoms with Crippen LogP contribution in [0, 0.1) is 0 Å². The molecule has 118 valence electrons. The summed E-state index contributed by atoms with van der Waals surface area (Å²) in [6, 6.07) is 1.76. The van der Waals surface area contributed by atoms with E-state index in [9.17, 15) is 4.79 Å². The Kier molecular flexibility index (Phi) is 8.07. The van der Waals surface area contributed by atoms with Crippen LogP contribution in [-0.4, -0.2) is 56.3 Å². The van der Waals surface area contributed by atoms with Crippen molar-refractivity contribution >= 4 is 17.5 Å². The van der Waals surface area contributed by atoms with Crippen molar-refractivity contribution in [1.82, 2.24) is 15.3 Å². The first kappa shape index (κ1) is 17.1. The van der Waals surface area contributed by atoms with Crippen molar-refractivity contribution < 1.29 is 14.3 Å². The lowest BCUT2D eigenvalue weighted by molar-refractivity contribution is -0.119. The largest absolute Gasteiger partial charge is 0.383 e. The smallest absolute Gasteiger partial charge is 0.239 e. The highest BCUT2D eigenvalue weighted by atomic mass is 16.5. The first-order valence-electron chi connectivity index (χ1n) is 6.79. The number of ether oxygens (including phenoxy) is 2. The van der Waals surface area contributed by atoms with Gasteiger partial charge in [-0.25, -0.2) is 9.97 Å². The van der Waals surface area contributed by atoms with Crippen molar-refractivity contribution in [2.75, 3.05) is 51.1 Å². The second-order valence-electron chi connectivity index (χ2n) is 4.21. The second-order valence-corrected chi connectivity index (χ2v) is 4.21. The minimum Gasteiger partial charge on any atom is -0.383 e. The Labute approximate surface area is 124 Å². The minimum atomic E-state index is -0.121. The molecule has 0 spiro atoms. The fourth-order valence-corrected chi connectivity index (χ4v) is 1.58. The average molecular weight is 297 g/mol. The molecule has 0 radical (unpaired) electrons. The van der Waals surface area contributed by atoms with Gasteiger partial charge in [-0.2, -0.15) is 0 Å². The number of anilines is 2. The lowest BCUT2D eigenvalue weighted by Gasteiger charge is -2.10. The van der Waals surface area contributed by atoms with E-state index in [0.717, 1.165) is 6.54 Å². The molecule has 0 bridgehead atoms. The molecule has 21 heavy (non-hydrogen) atoms. The second kappa shape index (κ2) is 9.89. The molecule has 8 heteroatoms. The summed E-state index contributed by atoms with van der Waals surface area (Å²) in [6.45, 7) is 4.15. The van der Waals surface area contributed by atoms with E-state index in [2.05, 4.69) is 25.9 Å². The van der Waals surface area contributed by atoms with Gasteiger partial charge >= 0.3 is 0 Å². The lowest BCUT2D eigenvalue weighted by Crippen LogP contribution is -2.32. The lowest BCUT2D eigenvalue weighted by atomic mass is 10.4. The summed E-state index contributed by atoms with van der Waals surface area (Å²) in [5.41, 5.74) is 0. The first-order valence-corrected chi connectivity index (χ1v) is 6.79. The third-order valence-corrected chi connectivity index (χ3v) is 2.46. The number of carbonyl (C=O) groups excluding carboxylic acids is 1. The van der Waals surface area contributed by atoms with Gasteiger partial charge in [0.15, 0.2) is 5.82 Å². The number of aromatic nitrogens is 2. The van der Waals surface area contributed by atoms with Crippen LogP contribution in [0.25, 0.3) is 0 Å². The zero-order chi connectivity index (χ0) is 15.5. The molecular formula is C13H23N5O3. The number of hydrogen-bond acceptors (Lipinski definition) is 7. The molecule has 0 aliphatic heterocycles. The highest BCUT2D eigenvalue weighted by Crippen LogP contribution is 2.11. The number of nitrogens with one attached hydrogen (secondary N) is 3. The van der Waals surface area contributed by atoms with Crippen LogP contribution < -0.4 is 16.0 Å². The summed E-state index contributed by atoms with van der Waals surface area (Å²) < 4.78 is 9.90. The van der Waals surface area contributed by atoms with Crippen molar-refractivity contribution in [2.45, 2.75) is 13.5 Å². The molecule has 1 heterocycles. The Morgan fingerprint density at radius 1 is 1.19 bits per heavy atom. The molecule has 0 aliphatic rings. The Balaban J connectivity index is 2.57. The van der Waals surface area contributed by atoms with E-state index in [0.29, 0.717) is 37.2 Å². The molecule has 8 nitrogen and oxygen atoms in total. The number of hydrogen-bond donors (Lipinski definition) is 3.